The van der Waals surface area contributed by atoms with Gasteiger partial charge >= 0.3 is 0 Å². The average molecular weight is 566 g/mol. The number of aromatic nitrogens is 1. The topological polar surface area (TPSA) is 127 Å². The number of anilines is 1. The third-order valence-electron chi connectivity index (χ3n) is 5.92. The van der Waals surface area contributed by atoms with Gasteiger partial charge in [-0.15, -0.1) is 0 Å². The van der Waals surface area contributed by atoms with E-state index < -0.39 is 33.1 Å². The molecule has 0 unspecified atom stereocenters. The largest absolute Gasteiger partial charge is 0.316 e. The fourth-order valence-electron chi connectivity index (χ4n) is 4.11. The standard InChI is InChI=1S/C27H24ClN5O5S/c1-19-16-21(20(2)32(19)24-13-7-6-12-23(24)28)17-29-30-27(34)18-31(25-14-8-9-15-26(25)33(35)36)39(37,38)22-10-4-3-5-11-22/h3-17H,18H2,1-2H3,(H,30,34)/b29-17-. The highest BCUT2D eigenvalue weighted by atomic mass is 35.5. The number of hydrazone groups is 1. The number of sulfonamides is 1. The summed E-state index contributed by atoms with van der Waals surface area (Å²) in [6, 6.07) is 22.0. The molecule has 0 aliphatic rings. The maximum atomic E-state index is 13.5. The lowest BCUT2D eigenvalue weighted by Crippen LogP contribution is -2.39. The van der Waals surface area contributed by atoms with E-state index in [-0.39, 0.29) is 10.6 Å². The van der Waals surface area contributed by atoms with Crippen LogP contribution in [0.1, 0.15) is 17.0 Å². The van der Waals surface area contributed by atoms with E-state index in [1.165, 1.54) is 54.7 Å². The van der Waals surface area contributed by atoms with Gasteiger partial charge in [0.05, 0.1) is 26.7 Å². The number of nitro groups is 1. The number of halogens is 1. The number of hydrogen-bond acceptors (Lipinski definition) is 6. The fraction of sp³-hybridized carbons (Fsp3) is 0.111. The van der Waals surface area contributed by atoms with Crippen LogP contribution in [0.2, 0.25) is 5.02 Å². The van der Waals surface area contributed by atoms with Crippen molar-refractivity contribution >= 4 is 45.1 Å². The molecule has 200 valence electrons. The summed E-state index contributed by atoms with van der Waals surface area (Å²) in [5.74, 6) is -0.788. The Balaban J connectivity index is 1.60. The van der Waals surface area contributed by atoms with Crippen LogP contribution in [0.4, 0.5) is 11.4 Å². The Labute approximate surface area is 230 Å². The maximum Gasteiger partial charge on any atom is 0.293 e. The van der Waals surface area contributed by atoms with Gasteiger partial charge in [-0.05, 0) is 50.2 Å². The maximum absolute atomic E-state index is 13.5. The molecular formula is C27H24ClN5O5S. The van der Waals surface area contributed by atoms with Crippen molar-refractivity contribution in [3.05, 3.63) is 117 Å². The molecule has 4 aromatic rings. The summed E-state index contributed by atoms with van der Waals surface area (Å²) in [4.78, 5) is 23.7. The summed E-state index contributed by atoms with van der Waals surface area (Å²) in [5, 5.41) is 16.2. The minimum absolute atomic E-state index is 0.119. The van der Waals surface area contributed by atoms with E-state index in [0.29, 0.717) is 14.9 Å². The first-order valence-corrected chi connectivity index (χ1v) is 13.5. The number of hydrogen-bond donors (Lipinski definition) is 1. The zero-order valence-electron chi connectivity index (χ0n) is 21.0. The van der Waals surface area contributed by atoms with E-state index in [9.17, 15) is 23.3 Å². The number of carbonyl (C=O) groups excluding carboxylic acids is 1. The van der Waals surface area contributed by atoms with Gasteiger partial charge in [0.1, 0.15) is 12.2 Å². The lowest BCUT2D eigenvalue weighted by molar-refractivity contribution is -0.384. The molecule has 3 aromatic carbocycles. The quantitative estimate of drug-likeness (QED) is 0.173. The van der Waals surface area contributed by atoms with Gasteiger partial charge < -0.3 is 4.57 Å². The lowest BCUT2D eigenvalue weighted by atomic mass is 10.2. The first-order chi connectivity index (χ1) is 18.6. The van der Waals surface area contributed by atoms with Crippen LogP contribution in [0.15, 0.2) is 94.9 Å². The van der Waals surface area contributed by atoms with Gasteiger partial charge in [-0.25, -0.2) is 18.1 Å². The van der Waals surface area contributed by atoms with E-state index in [1.54, 1.807) is 12.1 Å². The van der Waals surface area contributed by atoms with Crippen LogP contribution in [0, 0.1) is 24.0 Å². The molecule has 0 aliphatic heterocycles. The molecule has 0 spiro atoms. The summed E-state index contributed by atoms with van der Waals surface area (Å²) < 4.78 is 29.6. The molecule has 1 aromatic heterocycles. The third-order valence-corrected chi connectivity index (χ3v) is 8.02. The van der Waals surface area contributed by atoms with Crippen molar-refractivity contribution in [2.75, 3.05) is 10.8 Å². The molecule has 39 heavy (non-hydrogen) atoms. The molecule has 0 saturated heterocycles. The van der Waals surface area contributed by atoms with Crippen LogP contribution in [-0.2, 0) is 14.8 Å². The van der Waals surface area contributed by atoms with Gasteiger partial charge in [0.15, 0.2) is 0 Å². The van der Waals surface area contributed by atoms with Crippen LogP contribution < -0.4 is 9.73 Å². The molecule has 0 bridgehead atoms. The molecule has 0 aliphatic carbocycles. The van der Waals surface area contributed by atoms with Crippen molar-refractivity contribution in [3.63, 3.8) is 0 Å². The minimum atomic E-state index is -4.33. The number of benzene rings is 3. The Morgan fingerprint density at radius 1 is 1.05 bits per heavy atom. The highest BCUT2D eigenvalue weighted by Crippen LogP contribution is 2.32. The molecule has 10 nitrogen and oxygen atoms in total. The Morgan fingerprint density at radius 3 is 2.38 bits per heavy atom. The lowest BCUT2D eigenvalue weighted by Gasteiger charge is -2.23. The van der Waals surface area contributed by atoms with Crippen molar-refractivity contribution in [1.29, 1.82) is 0 Å². The summed E-state index contributed by atoms with van der Waals surface area (Å²) in [6.07, 6.45) is 1.44. The number of aryl methyl sites for hydroxylation is 1. The molecule has 1 N–H and O–H groups in total. The first-order valence-electron chi connectivity index (χ1n) is 11.7. The Hall–Kier alpha value is -4.48. The number of nitro benzene ring substituents is 1. The van der Waals surface area contributed by atoms with Crippen LogP contribution >= 0.6 is 11.6 Å². The summed E-state index contributed by atoms with van der Waals surface area (Å²) in [5.41, 5.74) is 4.85. The number of rotatable bonds is 9. The highest BCUT2D eigenvalue weighted by Gasteiger charge is 2.31. The smallest absolute Gasteiger partial charge is 0.293 e. The molecule has 1 heterocycles. The van der Waals surface area contributed by atoms with Crippen molar-refractivity contribution in [2.24, 2.45) is 5.10 Å². The molecular weight excluding hydrogens is 542 g/mol. The second-order valence-corrected chi connectivity index (χ2v) is 10.7. The fourth-order valence-corrected chi connectivity index (χ4v) is 5.79. The number of nitrogens with zero attached hydrogens (tertiary/aromatic N) is 4. The predicted octanol–water partition coefficient (Wildman–Crippen LogP) is 5.00. The van der Waals surface area contributed by atoms with Gasteiger partial charge in [0, 0.05) is 23.0 Å². The van der Waals surface area contributed by atoms with E-state index in [4.69, 9.17) is 11.6 Å². The van der Waals surface area contributed by atoms with Gasteiger partial charge in [0.2, 0.25) is 0 Å². The van der Waals surface area contributed by atoms with Crippen LogP contribution in [0.3, 0.4) is 0 Å². The number of amides is 1. The molecule has 12 heteroatoms. The van der Waals surface area contributed by atoms with Crippen LogP contribution in [-0.4, -0.2) is 36.6 Å². The van der Waals surface area contributed by atoms with E-state index in [2.05, 4.69) is 10.5 Å². The Bertz CT molecular complexity index is 1670. The first kappa shape index (κ1) is 27.6. The van der Waals surface area contributed by atoms with Crippen molar-refractivity contribution in [3.8, 4) is 5.69 Å². The number of para-hydroxylation sites is 3. The van der Waals surface area contributed by atoms with Crippen LogP contribution in [0.5, 0.6) is 0 Å². The van der Waals surface area contributed by atoms with Crippen molar-refractivity contribution in [1.82, 2.24) is 9.99 Å². The zero-order chi connectivity index (χ0) is 28.2. The van der Waals surface area contributed by atoms with Gasteiger partial charge in [0.25, 0.3) is 21.6 Å². The van der Waals surface area contributed by atoms with E-state index in [0.717, 1.165) is 17.1 Å². The van der Waals surface area contributed by atoms with Gasteiger partial charge in [-0.2, -0.15) is 5.10 Å². The van der Waals surface area contributed by atoms with Gasteiger partial charge in [-0.1, -0.05) is 54.1 Å². The molecule has 0 radical (unpaired) electrons. The van der Waals surface area contributed by atoms with Crippen molar-refractivity contribution in [2.45, 2.75) is 18.7 Å². The number of carbonyl (C=O) groups is 1. The molecule has 0 atom stereocenters. The number of nitrogens with one attached hydrogen (secondary N) is 1. The monoisotopic (exact) mass is 565 g/mol. The van der Waals surface area contributed by atoms with Crippen LogP contribution in [0.25, 0.3) is 5.69 Å². The second-order valence-electron chi connectivity index (χ2n) is 8.48. The Kier molecular flexibility index (Phi) is 8.12. The molecule has 4 rings (SSSR count). The minimum Gasteiger partial charge on any atom is -0.316 e. The summed E-state index contributed by atoms with van der Waals surface area (Å²) in [6.45, 7) is 3.05. The zero-order valence-corrected chi connectivity index (χ0v) is 22.6. The normalized spacial score (nSPS) is 11.5. The van der Waals surface area contributed by atoms with Crippen molar-refractivity contribution < 1.29 is 18.1 Å². The summed E-state index contributed by atoms with van der Waals surface area (Å²) >= 11 is 6.36. The average Bonchev–Trinajstić information content (AvgIpc) is 3.20. The molecule has 0 fully saturated rings. The van der Waals surface area contributed by atoms with Gasteiger partial charge in [-0.3, -0.25) is 14.9 Å². The third kappa shape index (κ3) is 5.84. The molecule has 1 amide bonds. The van der Waals surface area contributed by atoms with E-state index >= 15 is 0 Å². The summed E-state index contributed by atoms with van der Waals surface area (Å²) in [7, 11) is -4.33. The van der Waals surface area contributed by atoms with E-state index in [1.807, 2.05) is 42.7 Å². The SMILES string of the molecule is Cc1cc(/C=N\NC(=O)CN(c2ccccc2[N+](=O)[O-])S(=O)(=O)c2ccccc2)c(C)n1-c1ccccc1Cl. The molecule has 0 saturated carbocycles. The predicted molar refractivity (Wildman–Crippen MR) is 150 cm³/mol. The Morgan fingerprint density at radius 2 is 1.69 bits per heavy atom. The second kappa shape index (κ2) is 11.5. The highest BCUT2D eigenvalue weighted by molar-refractivity contribution is 7.92.